The lowest BCUT2D eigenvalue weighted by Crippen LogP contribution is -2.17. The van der Waals surface area contributed by atoms with Crippen LogP contribution in [0.5, 0.6) is 0 Å². The molecule has 0 aliphatic heterocycles. The zero-order valence-electron chi connectivity index (χ0n) is 12.3. The van der Waals surface area contributed by atoms with Gasteiger partial charge in [0.15, 0.2) is 5.58 Å². The number of fused-ring (bicyclic) bond motifs is 1. The summed E-state index contributed by atoms with van der Waals surface area (Å²) in [4.78, 5) is 37.5. The summed E-state index contributed by atoms with van der Waals surface area (Å²) in [5, 5.41) is 19.4. The van der Waals surface area contributed by atoms with Crippen LogP contribution in [0.1, 0.15) is 12.8 Å². The summed E-state index contributed by atoms with van der Waals surface area (Å²) in [7, 11) is 0. The summed E-state index contributed by atoms with van der Waals surface area (Å²) in [6.45, 7) is 0.244. The smallest absolute Gasteiger partial charge is 0.407 e. The highest BCUT2D eigenvalue weighted by Crippen LogP contribution is 2.20. The predicted octanol–water partition coefficient (Wildman–Crippen LogP) is 1.04. The largest absolute Gasteiger partial charge is 0.419 e. The van der Waals surface area contributed by atoms with E-state index in [1.54, 1.807) is 0 Å². The normalized spacial score (nSPS) is 10.8. The number of aromatic amines is 1. The molecule has 0 spiro atoms. The van der Waals surface area contributed by atoms with Crippen LogP contribution < -0.4 is 11.1 Å². The number of hydrogen-bond donors (Lipinski definition) is 2. The Morgan fingerprint density at radius 1 is 1.46 bits per heavy atom. The Labute approximate surface area is 133 Å². The second-order valence-corrected chi connectivity index (χ2v) is 4.91. The number of non-ortho nitro benzene ring substituents is 1. The number of anilines is 1. The van der Waals surface area contributed by atoms with Crippen molar-refractivity contribution in [3.63, 3.8) is 0 Å². The lowest BCUT2D eigenvalue weighted by molar-refractivity contribution is -0.384. The van der Waals surface area contributed by atoms with Crippen LogP contribution in [0.15, 0.2) is 33.7 Å². The minimum Gasteiger partial charge on any atom is -0.407 e. The number of carbonyl (C=O) groups excluding carboxylic acids is 1. The summed E-state index contributed by atoms with van der Waals surface area (Å²) in [5.41, 5.74) is 0.427. The molecule has 0 saturated carbocycles. The van der Waals surface area contributed by atoms with E-state index in [0.717, 1.165) is 0 Å². The van der Waals surface area contributed by atoms with Gasteiger partial charge in [0.25, 0.3) is 5.69 Å². The van der Waals surface area contributed by atoms with Crippen LogP contribution in [0, 0.1) is 10.1 Å². The van der Waals surface area contributed by atoms with Gasteiger partial charge >= 0.3 is 5.76 Å². The van der Waals surface area contributed by atoms with E-state index in [9.17, 15) is 19.7 Å². The van der Waals surface area contributed by atoms with Crippen molar-refractivity contribution in [2.24, 2.45) is 0 Å². The number of nitro benzene ring substituents is 1. The van der Waals surface area contributed by atoms with Crippen molar-refractivity contribution in [1.82, 2.24) is 19.7 Å². The number of rotatable bonds is 6. The second-order valence-electron chi connectivity index (χ2n) is 4.91. The average molecular weight is 332 g/mol. The van der Waals surface area contributed by atoms with Gasteiger partial charge in [0, 0.05) is 19.0 Å². The molecular weight excluding hydrogens is 320 g/mol. The van der Waals surface area contributed by atoms with Gasteiger partial charge in [0.05, 0.1) is 16.5 Å². The number of amides is 1. The van der Waals surface area contributed by atoms with Crippen LogP contribution in [0.2, 0.25) is 0 Å². The van der Waals surface area contributed by atoms with E-state index in [0.29, 0.717) is 11.9 Å². The van der Waals surface area contributed by atoms with Crippen LogP contribution in [-0.4, -0.2) is 30.6 Å². The molecule has 0 saturated heterocycles. The van der Waals surface area contributed by atoms with Gasteiger partial charge in [-0.15, -0.1) is 0 Å². The Bertz CT molecular complexity index is 942. The first-order valence-corrected chi connectivity index (χ1v) is 6.97. The summed E-state index contributed by atoms with van der Waals surface area (Å²) < 4.78 is 6.35. The molecule has 0 bridgehead atoms. The molecule has 2 N–H and O–H groups in total. The third-order valence-electron chi connectivity index (χ3n) is 3.32. The van der Waals surface area contributed by atoms with Gasteiger partial charge in [-0.05, 0) is 12.5 Å². The molecule has 0 aliphatic carbocycles. The topological polar surface area (TPSA) is 149 Å². The maximum absolute atomic E-state index is 11.9. The number of nitro groups is 1. The number of aryl methyl sites for hydroxylation is 1. The average Bonchev–Trinajstić information content (AvgIpc) is 3.14. The summed E-state index contributed by atoms with van der Waals surface area (Å²) in [5.74, 6) is -0.650. The molecule has 1 aromatic carbocycles. The molecule has 2 aromatic heterocycles. The number of benzene rings is 1. The molecule has 3 rings (SSSR count). The van der Waals surface area contributed by atoms with Crippen LogP contribution in [-0.2, 0) is 11.3 Å². The van der Waals surface area contributed by atoms with E-state index in [2.05, 4.69) is 20.5 Å². The first-order chi connectivity index (χ1) is 11.5. The summed E-state index contributed by atoms with van der Waals surface area (Å²) in [6.07, 6.45) is 1.81. The van der Waals surface area contributed by atoms with Gasteiger partial charge < -0.3 is 4.42 Å². The number of carbonyl (C=O) groups is 1. The Kier molecular flexibility index (Phi) is 4.05. The lowest BCUT2D eigenvalue weighted by Gasteiger charge is -2.03. The van der Waals surface area contributed by atoms with Gasteiger partial charge in [-0.3, -0.25) is 24.8 Å². The number of nitrogens with zero attached hydrogens (tertiary/aromatic N) is 4. The van der Waals surface area contributed by atoms with Crippen molar-refractivity contribution in [2.45, 2.75) is 19.4 Å². The number of aromatic nitrogens is 4. The van der Waals surface area contributed by atoms with Crippen molar-refractivity contribution in [3.8, 4) is 0 Å². The molecule has 0 aliphatic rings. The molecule has 0 radical (unpaired) electrons. The third kappa shape index (κ3) is 3.14. The number of hydrogen-bond acceptors (Lipinski definition) is 7. The highest BCUT2D eigenvalue weighted by molar-refractivity contribution is 5.88. The highest BCUT2D eigenvalue weighted by atomic mass is 16.6. The maximum atomic E-state index is 11.9. The molecule has 1 amide bonds. The van der Waals surface area contributed by atoms with Crippen molar-refractivity contribution in [3.05, 3.63) is 45.2 Å². The number of nitrogens with one attached hydrogen (secondary N) is 2. The minimum atomic E-state index is -0.624. The third-order valence-corrected chi connectivity index (χ3v) is 3.32. The fourth-order valence-corrected chi connectivity index (χ4v) is 2.24. The predicted molar refractivity (Wildman–Crippen MR) is 81.4 cm³/mol. The zero-order chi connectivity index (χ0) is 17.1. The standard InChI is InChI=1S/C13H12N6O5/c20-11(16-12-14-7-15-17-12)2-1-5-18-9-4-3-8(19(22)23)6-10(9)24-13(18)21/h3-4,6-7H,1-2,5H2,(H2,14,15,16,17,20). The Morgan fingerprint density at radius 3 is 3.00 bits per heavy atom. The van der Waals surface area contributed by atoms with Crippen molar-refractivity contribution in [2.75, 3.05) is 5.32 Å². The van der Waals surface area contributed by atoms with Gasteiger partial charge in [0.1, 0.15) is 6.33 Å². The second kappa shape index (κ2) is 6.32. The molecule has 0 unspecified atom stereocenters. The van der Waals surface area contributed by atoms with Gasteiger partial charge in [0.2, 0.25) is 11.9 Å². The first kappa shape index (κ1) is 15.4. The Morgan fingerprint density at radius 2 is 2.29 bits per heavy atom. The van der Waals surface area contributed by atoms with E-state index in [1.807, 2.05) is 0 Å². The molecule has 0 fully saturated rings. The maximum Gasteiger partial charge on any atom is 0.419 e. The SMILES string of the molecule is O=C(CCCn1c(=O)oc2cc([N+](=O)[O-])ccc21)Nc1ncn[nH]1. The lowest BCUT2D eigenvalue weighted by atomic mass is 10.2. The fourth-order valence-electron chi connectivity index (χ4n) is 2.24. The summed E-state index contributed by atoms with van der Waals surface area (Å²) in [6, 6.07) is 3.95. The van der Waals surface area contributed by atoms with Crippen LogP contribution in [0.3, 0.4) is 0 Å². The number of H-pyrrole nitrogens is 1. The van der Waals surface area contributed by atoms with Crippen LogP contribution >= 0.6 is 0 Å². The van der Waals surface area contributed by atoms with Gasteiger partial charge in [-0.1, -0.05) is 0 Å². The molecule has 3 aromatic rings. The monoisotopic (exact) mass is 332 g/mol. The number of oxazole rings is 1. The molecule has 0 atom stereocenters. The molecule has 2 heterocycles. The van der Waals surface area contributed by atoms with E-state index in [1.165, 1.54) is 29.1 Å². The van der Waals surface area contributed by atoms with E-state index in [4.69, 9.17) is 4.42 Å². The molecule has 11 heteroatoms. The molecule has 11 nitrogen and oxygen atoms in total. The molecular formula is C13H12N6O5. The molecule has 124 valence electrons. The van der Waals surface area contributed by atoms with Crippen LogP contribution in [0.25, 0.3) is 11.1 Å². The summed E-state index contributed by atoms with van der Waals surface area (Å²) >= 11 is 0. The van der Waals surface area contributed by atoms with E-state index < -0.39 is 10.7 Å². The highest BCUT2D eigenvalue weighted by Gasteiger charge is 2.14. The van der Waals surface area contributed by atoms with Crippen molar-refractivity contribution < 1.29 is 14.1 Å². The van der Waals surface area contributed by atoms with Gasteiger partial charge in [-0.25, -0.2) is 9.89 Å². The van der Waals surface area contributed by atoms with Crippen molar-refractivity contribution >= 4 is 28.6 Å². The van der Waals surface area contributed by atoms with Crippen molar-refractivity contribution in [1.29, 1.82) is 0 Å². The quantitative estimate of drug-likeness (QED) is 0.506. The van der Waals surface area contributed by atoms with E-state index >= 15 is 0 Å². The van der Waals surface area contributed by atoms with E-state index in [-0.39, 0.29) is 36.1 Å². The Hall–Kier alpha value is -3.50. The van der Waals surface area contributed by atoms with Crippen LogP contribution in [0.4, 0.5) is 11.6 Å². The fraction of sp³-hybridized carbons (Fsp3) is 0.231. The van der Waals surface area contributed by atoms with Gasteiger partial charge in [-0.2, -0.15) is 10.1 Å². The molecule has 24 heavy (non-hydrogen) atoms. The Balaban J connectivity index is 1.67. The first-order valence-electron chi connectivity index (χ1n) is 6.97. The zero-order valence-corrected chi connectivity index (χ0v) is 12.3. The minimum absolute atomic E-state index is 0.139.